The Morgan fingerprint density at radius 3 is 2.67 bits per heavy atom. The minimum absolute atomic E-state index is 0.0282. The lowest BCUT2D eigenvalue weighted by molar-refractivity contribution is -0.0361. The summed E-state index contributed by atoms with van der Waals surface area (Å²) in [6.45, 7) is 1.81. The highest BCUT2D eigenvalue weighted by molar-refractivity contribution is 7.13. The number of nitrogens with one attached hydrogen (secondary N) is 3. The van der Waals surface area contributed by atoms with Crippen molar-refractivity contribution < 1.29 is 18.3 Å². The van der Waals surface area contributed by atoms with E-state index in [0.717, 1.165) is 5.69 Å². The molecule has 1 amide bonds. The monoisotopic (exact) mass is 399 g/mol. The average molecular weight is 399 g/mol. The van der Waals surface area contributed by atoms with Gasteiger partial charge in [-0.25, -0.2) is 23.5 Å². The van der Waals surface area contributed by atoms with Crippen molar-refractivity contribution in [3.63, 3.8) is 0 Å². The first kappa shape index (κ1) is 19.2. The maximum Gasteiger partial charge on any atom is 0.412 e. The van der Waals surface area contributed by atoms with Gasteiger partial charge in [-0.1, -0.05) is 0 Å². The summed E-state index contributed by atoms with van der Waals surface area (Å²) >= 11 is 1.30. The van der Waals surface area contributed by atoms with E-state index in [1.807, 2.05) is 6.92 Å². The van der Waals surface area contributed by atoms with E-state index in [-0.39, 0.29) is 49.1 Å². The van der Waals surface area contributed by atoms with Crippen LogP contribution in [-0.4, -0.2) is 40.1 Å². The molecule has 1 saturated carbocycles. The van der Waals surface area contributed by atoms with Gasteiger partial charge >= 0.3 is 6.09 Å². The second-order valence-corrected chi connectivity index (χ2v) is 7.16. The van der Waals surface area contributed by atoms with Crippen molar-refractivity contribution in [3.8, 4) is 16.6 Å². The van der Waals surface area contributed by atoms with E-state index < -0.39 is 17.6 Å². The van der Waals surface area contributed by atoms with Gasteiger partial charge in [-0.2, -0.15) is 0 Å². The van der Waals surface area contributed by atoms with Crippen LogP contribution in [0.4, 0.5) is 19.4 Å². The molecule has 0 spiro atoms. The standard InChI is InChI=1S/C16H19F2N5O3S/c1-8-7-27-14(20-8)12-22-11(10(13(24)23-12)26-15(25)19-2)21-9-3-5-16(17,18)6-4-9/h7,9H,3-6H2,1-2H3,(H,19,25)(H2,21,22,23,24). The molecule has 1 fully saturated rings. The molecule has 11 heteroatoms. The number of aromatic nitrogens is 3. The lowest BCUT2D eigenvalue weighted by Crippen LogP contribution is -2.33. The highest BCUT2D eigenvalue weighted by Gasteiger charge is 2.35. The third-order valence-corrected chi connectivity index (χ3v) is 5.12. The first-order chi connectivity index (χ1) is 12.8. The second kappa shape index (κ2) is 7.59. The molecule has 27 heavy (non-hydrogen) atoms. The van der Waals surface area contributed by atoms with Crippen LogP contribution in [0.3, 0.4) is 0 Å². The average Bonchev–Trinajstić information content (AvgIpc) is 3.05. The number of hydrogen-bond acceptors (Lipinski definition) is 7. The molecule has 8 nitrogen and oxygen atoms in total. The molecular weight excluding hydrogens is 380 g/mol. The molecule has 2 heterocycles. The summed E-state index contributed by atoms with van der Waals surface area (Å²) in [5, 5.41) is 7.54. The number of anilines is 1. The highest BCUT2D eigenvalue weighted by Crippen LogP contribution is 2.35. The fourth-order valence-corrected chi connectivity index (χ4v) is 3.48. The van der Waals surface area contributed by atoms with Crippen LogP contribution in [0.25, 0.3) is 10.8 Å². The summed E-state index contributed by atoms with van der Waals surface area (Å²) in [4.78, 5) is 35.2. The summed E-state index contributed by atoms with van der Waals surface area (Å²) in [6, 6.07) is -0.308. The number of alkyl halides is 2. The van der Waals surface area contributed by atoms with E-state index in [4.69, 9.17) is 4.74 Å². The normalized spacial score (nSPS) is 16.7. The van der Waals surface area contributed by atoms with Gasteiger partial charge in [0.15, 0.2) is 16.6 Å². The fraction of sp³-hybridized carbons (Fsp3) is 0.500. The van der Waals surface area contributed by atoms with Crippen LogP contribution in [0.2, 0.25) is 0 Å². The predicted molar refractivity (Wildman–Crippen MR) is 96.6 cm³/mol. The number of thiazole rings is 1. The summed E-state index contributed by atoms with van der Waals surface area (Å²) in [5.41, 5.74) is 0.104. The summed E-state index contributed by atoms with van der Waals surface area (Å²) in [7, 11) is 1.35. The Hall–Kier alpha value is -2.56. The van der Waals surface area contributed by atoms with Crippen LogP contribution in [0.5, 0.6) is 5.75 Å². The van der Waals surface area contributed by atoms with E-state index in [9.17, 15) is 18.4 Å². The number of hydrogen-bond donors (Lipinski definition) is 3. The Morgan fingerprint density at radius 2 is 2.07 bits per heavy atom. The Balaban J connectivity index is 1.93. The van der Waals surface area contributed by atoms with Gasteiger partial charge in [0.1, 0.15) is 0 Å². The van der Waals surface area contributed by atoms with Gasteiger partial charge in [-0.3, -0.25) is 4.79 Å². The van der Waals surface area contributed by atoms with Crippen molar-refractivity contribution in [3.05, 3.63) is 21.4 Å². The van der Waals surface area contributed by atoms with Gasteiger partial charge in [0, 0.05) is 37.0 Å². The van der Waals surface area contributed by atoms with Crippen LogP contribution in [0.1, 0.15) is 31.4 Å². The fourth-order valence-electron chi connectivity index (χ4n) is 2.74. The zero-order valence-electron chi connectivity index (χ0n) is 14.8. The van der Waals surface area contributed by atoms with E-state index in [1.165, 1.54) is 18.4 Å². The van der Waals surface area contributed by atoms with E-state index in [1.54, 1.807) is 5.38 Å². The van der Waals surface area contributed by atoms with Crippen LogP contribution in [0.15, 0.2) is 10.2 Å². The van der Waals surface area contributed by atoms with Crippen LogP contribution in [-0.2, 0) is 0 Å². The zero-order chi connectivity index (χ0) is 19.6. The number of halogens is 2. The molecule has 0 saturated heterocycles. The van der Waals surface area contributed by atoms with Gasteiger partial charge in [0.2, 0.25) is 11.7 Å². The minimum Gasteiger partial charge on any atom is -0.400 e. The predicted octanol–water partition coefficient (Wildman–Crippen LogP) is 2.91. The maximum absolute atomic E-state index is 13.4. The van der Waals surface area contributed by atoms with Gasteiger partial charge in [0.05, 0.1) is 0 Å². The van der Waals surface area contributed by atoms with Gasteiger partial charge in [0.25, 0.3) is 5.56 Å². The second-order valence-electron chi connectivity index (χ2n) is 6.30. The van der Waals surface area contributed by atoms with Crippen molar-refractivity contribution in [2.45, 2.75) is 44.6 Å². The number of rotatable bonds is 4. The van der Waals surface area contributed by atoms with E-state index in [0.29, 0.717) is 5.01 Å². The minimum atomic E-state index is -2.68. The van der Waals surface area contributed by atoms with Crippen LogP contribution in [0, 0.1) is 6.92 Å². The van der Waals surface area contributed by atoms with Crippen molar-refractivity contribution in [2.75, 3.05) is 12.4 Å². The summed E-state index contributed by atoms with van der Waals surface area (Å²) in [6.07, 6.45) is -0.909. The first-order valence-corrected chi connectivity index (χ1v) is 9.26. The molecule has 0 aromatic carbocycles. The number of amides is 1. The smallest absolute Gasteiger partial charge is 0.400 e. The third kappa shape index (κ3) is 4.59. The molecule has 1 aliphatic rings. The Morgan fingerprint density at radius 1 is 1.37 bits per heavy atom. The number of aromatic amines is 1. The third-order valence-electron chi connectivity index (χ3n) is 4.16. The number of carbonyl (C=O) groups is 1. The molecule has 3 N–H and O–H groups in total. The van der Waals surface area contributed by atoms with Crippen molar-refractivity contribution in [1.82, 2.24) is 20.3 Å². The van der Waals surface area contributed by atoms with E-state index >= 15 is 0 Å². The molecule has 2 aromatic heterocycles. The molecule has 0 radical (unpaired) electrons. The van der Waals surface area contributed by atoms with Crippen molar-refractivity contribution >= 4 is 23.2 Å². The molecule has 2 aromatic rings. The molecular formula is C16H19F2N5O3S. The SMILES string of the molecule is CNC(=O)Oc1c(NC2CCC(F)(F)CC2)nc(-c2nc(C)cs2)[nH]c1=O. The number of ether oxygens (including phenoxy) is 1. The van der Waals surface area contributed by atoms with Gasteiger partial charge in [-0.15, -0.1) is 11.3 Å². The van der Waals surface area contributed by atoms with Gasteiger partial charge < -0.3 is 20.4 Å². The Labute approximate surface area is 157 Å². The quantitative estimate of drug-likeness (QED) is 0.729. The topological polar surface area (TPSA) is 109 Å². The zero-order valence-corrected chi connectivity index (χ0v) is 15.6. The summed E-state index contributed by atoms with van der Waals surface area (Å²) in [5.74, 6) is -2.75. The molecule has 3 rings (SSSR count). The number of nitrogens with zero attached hydrogens (tertiary/aromatic N) is 2. The molecule has 1 aliphatic carbocycles. The van der Waals surface area contributed by atoms with Crippen LogP contribution >= 0.6 is 11.3 Å². The summed E-state index contributed by atoms with van der Waals surface area (Å²) < 4.78 is 31.8. The highest BCUT2D eigenvalue weighted by atomic mass is 32.1. The lowest BCUT2D eigenvalue weighted by atomic mass is 9.92. The van der Waals surface area contributed by atoms with Crippen LogP contribution < -0.4 is 20.9 Å². The molecule has 0 atom stereocenters. The Kier molecular flexibility index (Phi) is 5.40. The first-order valence-electron chi connectivity index (χ1n) is 8.38. The Bertz CT molecular complexity index is 888. The maximum atomic E-state index is 13.4. The van der Waals surface area contributed by atoms with Crippen molar-refractivity contribution in [2.24, 2.45) is 0 Å². The number of carbonyl (C=O) groups excluding carboxylic acids is 1. The largest absolute Gasteiger partial charge is 0.412 e. The number of H-pyrrole nitrogens is 1. The van der Waals surface area contributed by atoms with Crippen molar-refractivity contribution in [1.29, 1.82) is 0 Å². The molecule has 0 aliphatic heterocycles. The number of aryl methyl sites for hydroxylation is 1. The molecule has 0 bridgehead atoms. The lowest BCUT2D eigenvalue weighted by Gasteiger charge is -2.29. The molecule has 0 unspecified atom stereocenters. The molecule has 146 valence electrons. The van der Waals surface area contributed by atoms with E-state index in [2.05, 4.69) is 25.6 Å². The van der Waals surface area contributed by atoms with Gasteiger partial charge in [-0.05, 0) is 19.8 Å².